The van der Waals surface area contributed by atoms with Crippen LogP contribution in [-0.2, 0) is 16.1 Å². The first-order chi connectivity index (χ1) is 12.9. The molecule has 1 fully saturated rings. The number of carbonyl (C=O) groups is 2. The molecule has 2 amide bonds. The largest absolute Gasteiger partial charge is 0.352 e. The summed E-state index contributed by atoms with van der Waals surface area (Å²) in [5.74, 6) is -0.931. The van der Waals surface area contributed by atoms with Crippen LogP contribution in [0.2, 0.25) is 0 Å². The second kappa shape index (κ2) is 8.52. The van der Waals surface area contributed by atoms with Crippen molar-refractivity contribution in [3.63, 3.8) is 0 Å². The minimum absolute atomic E-state index is 0.0550. The van der Waals surface area contributed by atoms with Crippen molar-refractivity contribution >= 4 is 23.6 Å². The van der Waals surface area contributed by atoms with Crippen LogP contribution in [0.3, 0.4) is 0 Å². The maximum absolute atomic E-state index is 13.5. The van der Waals surface area contributed by atoms with Crippen LogP contribution in [0.25, 0.3) is 0 Å². The standard InChI is InChI=1S/C20H20F2N2O2S/c1-13-19(26)24(20(27-13)15-3-2-4-17(22)11-15)10-9-18(25)23-12-14-5-7-16(21)8-6-14/h2-8,11,13,20H,9-10,12H2,1H3,(H,23,25)/t13-,20+/m0/s1. The van der Waals surface area contributed by atoms with Crippen molar-refractivity contribution in [2.75, 3.05) is 6.54 Å². The number of hydrogen-bond acceptors (Lipinski definition) is 3. The number of halogens is 2. The van der Waals surface area contributed by atoms with E-state index < -0.39 is 0 Å². The summed E-state index contributed by atoms with van der Waals surface area (Å²) in [6, 6.07) is 12.1. The van der Waals surface area contributed by atoms with Gasteiger partial charge in [0.1, 0.15) is 17.0 Å². The predicted molar refractivity (Wildman–Crippen MR) is 101 cm³/mol. The highest BCUT2D eigenvalue weighted by Crippen LogP contribution is 2.42. The third-order valence-corrected chi connectivity index (χ3v) is 5.76. The summed E-state index contributed by atoms with van der Waals surface area (Å²) in [5.41, 5.74) is 1.51. The topological polar surface area (TPSA) is 49.4 Å². The zero-order valence-corrected chi connectivity index (χ0v) is 15.6. The smallest absolute Gasteiger partial charge is 0.236 e. The van der Waals surface area contributed by atoms with E-state index in [2.05, 4.69) is 5.32 Å². The van der Waals surface area contributed by atoms with E-state index in [0.29, 0.717) is 12.1 Å². The van der Waals surface area contributed by atoms with Gasteiger partial charge in [0.25, 0.3) is 0 Å². The first kappa shape index (κ1) is 19.4. The fourth-order valence-electron chi connectivity index (χ4n) is 2.93. The molecule has 0 unspecified atom stereocenters. The maximum atomic E-state index is 13.5. The number of carbonyl (C=O) groups excluding carboxylic acids is 2. The maximum Gasteiger partial charge on any atom is 0.236 e. The Hall–Kier alpha value is -2.41. The average molecular weight is 390 g/mol. The van der Waals surface area contributed by atoms with Crippen LogP contribution in [0.1, 0.15) is 29.8 Å². The highest BCUT2D eigenvalue weighted by molar-refractivity contribution is 8.01. The summed E-state index contributed by atoms with van der Waals surface area (Å²) in [6.45, 7) is 2.37. The normalized spacial score (nSPS) is 19.4. The minimum atomic E-state index is -0.350. The predicted octanol–water partition coefficient (Wildman–Crippen LogP) is 3.63. The van der Waals surface area contributed by atoms with Gasteiger partial charge in [-0.25, -0.2) is 8.78 Å². The number of thioether (sulfide) groups is 1. The number of nitrogens with zero attached hydrogens (tertiary/aromatic N) is 1. The van der Waals surface area contributed by atoms with Crippen molar-refractivity contribution in [1.29, 1.82) is 0 Å². The molecule has 0 saturated carbocycles. The zero-order chi connectivity index (χ0) is 19.4. The van der Waals surface area contributed by atoms with Gasteiger partial charge in [0.2, 0.25) is 11.8 Å². The van der Waals surface area contributed by atoms with Gasteiger partial charge in [-0.3, -0.25) is 9.59 Å². The van der Waals surface area contributed by atoms with Gasteiger partial charge < -0.3 is 10.2 Å². The van der Waals surface area contributed by atoms with E-state index in [9.17, 15) is 18.4 Å². The van der Waals surface area contributed by atoms with Crippen LogP contribution < -0.4 is 5.32 Å². The van der Waals surface area contributed by atoms with Gasteiger partial charge in [0.05, 0.1) is 5.25 Å². The van der Waals surface area contributed by atoms with Gasteiger partial charge in [0, 0.05) is 19.5 Å². The Balaban J connectivity index is 1.58. The molecule has 1 heterocycles. The van der Waals surface area contributed by atoms with Crippen LogP contribution in [-0.4, -0.2) is 28.5 Å². The number of rotatable bonds is 6. The fourth-order valence-corrected chi connectivity index (χ4v) is 4.23. The van der Waals surface area contributed by atoms with E-state index in [-0.39, 0.29) is 47.0 Å². The molecule has 0 spiro atoms. The Kier molecular flexibility index (Phi) is 6.11. The van der Waals surface area contributed by atoms with Crippen molar-refractivity contribution in [2.24, 2.45) is 0 Å². The Morgan fingerprint density at radius 2 is 1.89 bits per heavy atom. The molecule has 7 heteroatoms. The highest BCUT2D eigenvalue weighted by atomic mass is 32.2. The van der Waals surface area contributed by atoms with Gasteiger partial charge in [-0.05, 0) is 42.3 Å². The average Bonchev–Trinajstić information content (AvgIpc) is 2.94. The van der Waals surface area contributed by atoms with Gasteiger partial charge in [-0.1, -0.05) is 24.3 Å². The van der Waals surface area contributed by atoms with E-state index in [4.69, 9.17) is 0 Å². The molecule has 1 aliphatic heterocycles. The molecule has 0 aromatic heterocycles. The van der Waals surface area contributed by atoms with Crippen molar-refractivity contribution in [3.8, 4) is 0 Å². The number of hydrogen-bond donors (Lipinski definition) is 1. The lowest BCUT2D eigenvalue weighted by Gasteiger charge is -2.24. The van der Waals surface area contributed by atoms with Gasteiger partial charge in [-0.15, -0.1) is 11.8 Å². The highest BCUT2D eigenvalue weighted by Gasteiger charge is 2.38. The summed E-state index contributed by atoms with van der Waals surface area (Å²) in [4.78, 5) is 26.2. The van der Waals surface area contributed by atoms with Crippen molar-refractivity contribution in [1.82, 2.24) is 10.2 Å². The summed E-state index contributed by atoms with van der Waals surface area (Å²) in [5, 5.41) is 2.23. The van der Waals surface area contributed by atoms with Gasteiger partial charge in [-0.2, -0.15) is 0 Å². The molecule has 1 aliphatic rings. The van der Waals surface area contributed by atoms with Gasteiger partial charge in [0.15, 0.2) is 0 Å². The molecule has 2 aromatic rings. The third kappa shape index (κ3) is 4.86. The summed E-state index contributed by atoms with van der Waals surface area (Å²) >= 11 is 1.45. The van der Waals surface area contributed by atoms with Crippen LogP contribution in [0.4, 0.5) is 8.78 Å². The molecule has 0 bridgehead atoms. The molecular weight excluding hydrogens is 370 g/mol. The molecule has 142 valence electrons. The lowest BCUT2D eigenvalue weighted by atomic mass is 10.2. The summed E-state index contributed by atoms with van der Waals surface area (Å²) in [7, 11) is 0. The molecule has 4 nitrogen and oxygen atoms in total. The number of benzene rings is 2. The van der Waals surface area contributed by atoms with Crippen LogP contribution in [0.5, 0.6) is 0 Å². The fraction of sp³-hybridized carbons (Fsp3) is 0.300. The van der Waals surface area contributed by atoms with Crippen molar-refractivity contribution < 1.29 is 18.4 Å². The molecular formula is C20H20F2N2O2S. The first-order valence-corrected chi connectivity index (χ1v) is 9.61. The molecule has 1 saturated heterocycles. The van der Waals surface area contributed by atoms with E-state index >= 15 is 0 Å². The first-order valence-electron chi connectivity index (χ1n) is 8.66. The SMILES string of the molecule is C[C@@H]1S[C@H](c2cccc(F)c2)N(CCC(=O)NCc2ccc(F)cc2)C1=O. The molecule has 1 N–H and O–H groups in total. The van der Waals surface area contributed by atoms with E-state index in [0.717, 1.165) is 5.56 Å². The number of amides is 2. The Morgan fingerprint density at radius 3 is 2.59 bits per heavy atom. The molecule has 0 radical (unpaired) electrons. The molecule has 2 aromatic carbocycles. The minimum Gasteiger partial charge on any atom is -0.352 e. The second-order valence-corrected chi connectivity index (χ2v) is 7.80. The quantitative estimate of drug-likeness (QED) is 0.819. The third-order valence-electron chi connectivity index (χ3n) is 4.36. The van der Waals surface area contributed by atoms with E-state index in [1.807, 2.05) is 6.92 Å². The molecule has 27 heavy (non-hydrogen) atoms. The molecule has 3 rings (SSSR count). The van der Waals surface area contributed by atoms with Crippen LogP contribution in [0.15, 0.2) is 48.5 Å². The Bertz CT molecular complexity index is 829. The molecule has 0 aliphatic carbocycles. The Morgan fingerprint density at radius 1 is 1.15 bits per heavy atom. The monoisotopic (exact) mass is 390 g/mol. The second-order valence-electron chi connectivity index (χ2n) is 6.37. The lowest BCUT2D eigenvalue weighted by molar-refractivity contribution is -0.130. The van der Waals surface area contributed by atoms with E-state index in [1.54, 1.807) is 29.2 Å². The summed E-state index contributed by atoms with van der Waals surface area (Å²) < 4.78 is 26.4. The Labute approximate surface area is 160 Å². The van der Waals surface area contributed by atoms with E-state index in [1.165, 1.54) is 36.0 Å². The van der Waals surface area contributed by atoms with Crippen LogP contribution >= 0.6 is 11.8 Å². The zero-order valence-electron chi connectivity index (χ0n) is 14.8. The van der Waals surface area contributed by atoms with Gasteiger partial charge >= 0.3 is 0 Å². The van der Waals surface area contributed by atoms with Crippen LogP contribution in [0, 0.1) is 11.6 Å². The van der Waals surface area contributed by atoms with Crippen molar-refractivity contribution in [3.05, 3.63) is 71.3 Å². The number of nitrogens with one attached hydrogen (secondary N) is 1. The lowest BCUT2D eigenvalue weighted by Crippen LogP contribution is -2.34. The summed E-state index contributed by atoms with van der Waals surface area (Å²) in [6.07, 6.45) is 0.145. The molecule has 2 atom stereocenters. The van der Waals surface area contributed by atoms with Crippen molar-refractivity contribution in [2.45, 2.75) is 30.5 Å².